The number of phosphoric ester groups is 2. The molecular formula is C52H79N3O16P2. The molecule has 0 spiro atoms. The third-order valence-corrected chi connectivity index (χ3v) is 13.0. The normalized spacial score (nSPS) is 20.3. The van der Waals surface area contributed by atoms with Crippen molar-refractivity contribution in [1.82, 2.24) is 9.55 Å². The molecule has 1 aromatic rings. The molecule has 0 amide bonds. The minimum absolute atomic E-state index is 0.0134. The highest BCUT2D eigenvalue weighted by atomic mass is 31.3. The zero-order valence-corrected chi connectivity index (χ0v) is 44.0. The van der Waals surface area contributed by atoms with Gasteiger partial charge in [-0.15, -0.1) is 0 Å². The van der Waals surface area contributed by atoms with Crippen molar-refractivity contribution in [2.45, 2.75) is 160 Å². The van der Waals surface area contributed by atoms with E-state index in [1.165, 1.54) is 6.07 Å². The Kier molecular flexibility index (Phi) is 34.4. The lowest BCUT2D eigenvalue weighted by atomic mass is 10.1. The third-order valence-electron chi connectivity index (χ3n) is 10.4. The van der Waals surface area contributed by atoms with E-state index in [4.69, 9.17) is 29.0 Å². The summed E-state index contributed by atoms with van der Waals surface area (Å²) in [4.78, 5) is 61.9. The van der Waals surface area contributed by atoms with Gasteiger partial charge in [0.25, 0.3) is 0 Å². The van der Waals surface area contributed by atoms with Gasteiger partial charge < -0.3 is 45.1 Å². The number of unbranched alkanes of at least 4 members (excludes halogenated alkanes) is 5. The monoisotopic (exact) mass is 1060 g/mol. The minimum Gasteiger partial charge on any atom is -0.462 e. The fourth-order valence-corrected chi connectivity index (χ4v) is 8.72. The Morgan fingerprint density at radius 1 is 0.726 bits per heavy atom. The average molecular weight is 1060 g/mol. The largest absolute Gasteiger partial charge is 0.481 e. The molecule has 0 aromatic carbocycles. The molecule has 2 heterocycles. The highest BCUT2D eigenvalue weighted by molar-refractivity contribution is 7.61. The van der Waals surface area contributed by atoms with E-state index < -0.39 is 89.8 Å². The van der Waals surface area contributed by atoms with Gasteiger partial charge in [0.2, 0.25) is 0 Å². The average Bonchev–Trinajstić information content (AvgIpc) is 3.62. The van der Waals surface area contributed by atoms with Crippen LogP contribution < -0.4 is 11.4 Å². The highest BCUT2D eigenvalue weighted by Gasteiger charge is 2.46. The van der Waals surface area contributed by atoms with Gasteiger partial charge in [-0.05, 0) is 83.1 Å². The van der Waals surface area contributed by atoms with E-state index >= 15 is 0 Å². The molecule has 0 radical (unpaired) electrons. The Bertz CT molecular complexity index is 2170. The zero-order chi connectivity index (χ0) is 53.6. The van der Waals surface area contributed by atoms with Crippen LogP contribution in [0.25, 0.3) is 0 Å². The smallest absolute Gasteiger partial charge is 0.462 e. The lowest BCUT2D eigenvalue weighted by Crippen LogP contribution is -2.36. The number of nitrogens with zero attached hydrogens (tertiary/aromatic N) is 2. The summed E-state index contributed by atoms with van der Waals surface area (Å²) in [5, 5.41) is 31.2. The number of ether oxygens (including phenoxy) is 3. The molecule has 1 fully saturated rings. The molecule has 1 saturated heterocycles. The first-order valence-corrected chi connectivity index (χ1v) is 28.0. The topological polar surface area (TPSA) is 286 Å². The Hall–Kier alpha value is -4.62. The van der Waals surface area contributed by atoms with Crippen molar-refractivity contribution in [2.24, 2.45) is 0 Å². The number of aromatic nitrogens is 2. The van der Waals surface area contributed by atoms with Gasteiger partial charge in [0.15, 0.2) is 12.3 Å². The number of aliphatic hydroxyl groups is 3. The van der Waals surface area contributed by atoms with E-state index in [2.05, 4.69) is 96.1 Å². The molecule has 73 heavy (non-hydrogen) atoms. The van der Waals surface area contributed by atoms with Gasteiger partial charge in [-0.25, -0.2) is 13.9 Å². The maximum Gasteiger partial charge on any atom is 0.481 e. The minimum atomic E-state index is -5.47. The van der Waals surface area contributed by atoms with Crippen LogP contribution in [0.15, 0.2) is 126 Å². The first kappa shape index (κ1) is 64.5. The van der Waals surface area contributed by atoms with Crippen LogP contribution in [0.3, 0.4) is 0 Å². The van der Waals surface area contributed by atoms with E-state index in [9.17, 15) is 48.6 Å². The lowest BCUT2D eigenvalue weighted by molar-refractivity contribution is -0.161. The van der Waals surface area contributed by atoms with Gasteiger partial charge in [0, 0.05) is 19.0 Å². The number of anilines is 1. The van der Waals surface area contributed by atoms with Crippen LogP contribution in [-0.2, 0) is 46.3 Å². The first-order chi connectivity index (χ1) is 35.1. The number of esters is 2. The number of hydrogen-bond donors (Lipinski definition) is 6. The van der Waals surface area contributed by atoms with Gasteiger partial charge >= 0.3 is 33.3 Å². The molecule has 1 aromatic heterocycles. The highest BCUT2D eigenvalue weighted by Crippen LogP contribution is 2.60. The van der Waals surface area contributed by atoms with Gasteiger partial charge in [-0.1, -0.05) is 142 Å². The molecule has 0 aliphatic carbocycles. The number of aliphatic hydroxyl groups excluding tert-OH is 3. The Balaban J connectivity index is 1.87. The molecule has 408 valence electrons. The Morgan fingerprint density at radius 3 is 1.95 bits per heavy atom. The fourth-order valence-electron chi connectivity index (χ4n) is 6.61. The van der Waals surface area contributed by atoms with Crippen molar-refractivity contribution in [3.8, 4) is 0 Å². The summed E-state index contributed by atoms with van der Waals surface area (Å²) in [7, 11) is -10.9. The molecule has 0 bridgehead atoms. The molecular weight excluding hydrogens is 985 g/mol. The molecule has 2 rings (SSSR count). The van der Waals surface area contributed by atoms with Crippen LogP contribution in [0.1, 0.15) is 129 Å². The van der Waals surface area contributed by atoms with Crippen molar-refractivity contribution in [3.05, 3.63) is 132 Å². The number of phosphoric acid groups is 2. The van der Waals surface area contributed by atoms with Gasteiger partial charge in [0.1, 0.15) is 30.7 Å². The van der Waals surface area contributed by atoms with Crippen molar-refractivity contribution in [3.63, 3.8) is 0 Å². The van der Waals surface area contributed by atoms with Crippen LogP contribution in [0.4, 0.5) is 5.82 Å². The maximum absolute atomic E-state index is 12.9. The molecule has 3 unspecified atom stereocenters. The van der Waals surface area contributed by atoms with Crippen LogP contribution in [0, 0.1) is 0 Å². The molecule has 7 N–H and O–H groups in total. The summed E-state index contributed by atoms with van der Waals surface area (Å²) >= 11 is 0. The van der Waals surface area contributed by atoms with Crippen LogP contribution in [-0.4, -0.2) is 96.9 Å². The maximum atomic E-state index is 12.9. The zero-order valence-electron chi connectivity index (χ0n) is 42.2. The second kappa shape index (κ2) is 38.9. The molecule has 21 heteroatoms. The number of allylic oxidation sites excluding steroid dienone is 16. The fraction of sp³-hybridized carbons (Fsp3) is 0.538. The van der Waals surface area contributed by atoms with Gasteiger partial charge in [-0.3, -0.25) is 23.2 Å². The Labute approximate surface area is 430 Å². The number of carbonyl (C=O) groups excluding carboxylic acids is 2. The van der Waals surface area contributed by atoms with E-state index in [1.54, 1.807) is 24.3 Å². The van der Waals surface area contributed by atoms with E-state index in [0.717, 1.165) is 87.8 Å². The van der Waals surface area contributed by atoms with Crippen LogP contribution in [0.5, 0.6) is 0 Å². The molecule has 0 saturated carbocycles. The van der Waals surface area contributed by atoms with E-state index in [-0.39, 0.29) is 25.1 Å². The summed E-state index contributed by atoms with van der Waals surface area (Å²) < 4.78 is 56.6. The summed E-state index contributed by atoms with van der Waals surface area (Å²) in [6, 6.07) is 1.23. The second-order valence-corrected chi connectivity index (χ2v) is 19.8. The van der Waals surface area contributed by atoms with E-state index in [1.807, 2.05) is 12.2 Å². The number of carbonyl (C=O) groups is 2. The summed E-state index contributed by atoms with van der Waals surface area (Å²) in [6.45, 7) is 1.72. The van der Waals surface area contributed by atoms with Gasteiger partial charge in [-0.2, -0.15) is 9.29 Å². The van der Waals surface area contributed by atoms with Crippen LogP contribution in [0.2, 0.25) is 0 Å². The summed E-state index contributed by atoms with van der Waals surface area (Å²) in [5.41, 5.74) is 4.57. The first-order valence-electron chi connectivity index (χ1n) is 25.0. The van der Waals surface area contributed by atoms with Crippen molar-refractivity contribution in [1.29, 1.82) is 0 Å². The van der Waals surface area contributed by atoms with Gasteiger partial charge in [0.05, 0.1) is 19.3 Å². The lowest BCUT2D eigenvalue weighted by Gasteiger charge is -2.21. The predicted molar refractivity (Wildman–Crippen MR) is 280 cm³/mol. The standard InChI is InChI=1S/C52H79N3O16P2/c1-3-5-7-9-11-13-15-17-18-20-22-24-26-28-32-37-48(58)69-44(40-66-47(57)36-33-29-31-35-43(56)34-30-27-25-23-21-19-16-14-12-10-8-6-4-2)41-67-72(62,63)71-73(64,65)68-42-45-49(59)50(60)51(70-45)55-39-38-46(53)54-52(55)61/h5-8,11-14,17-19,21,25,27,29-31,34,38-39,43-45,49-51,56,59-60H,3-4,9-10,15-16,20,22-24,26,28,32-33,35-37,40-42H2,1-2H3,(H,62,63)(H,64,65)(H2,53,54,61)/b7-5-,8-6-,13-11-,14-12-,18-17-,21-19-,27-25-,31-29-,34-30-/t43?,44-,45-,49-,50-,51-/m1/s1. The predicted octanol–water partition coefficient (Wildman–Crippen LogP) is 9.19. The summed E-state index contributed by atoms with van der Waals surface area (Å²) in [6.07, 6.45) is 40.6. The quantitative estimate of drug-likeness (QED) is 0.0118. The molecule has 1 aliphatic heterocycles. The number of nitrogens with two attached hydrogens (primary N) is 1. The number of nitrogen functional groups attached to an aromatic ring is 1. The SMILES string of the molecule is CC/C=C\C/C=C\C/C=C\C/C=C\C=C/C(O)C/C=C\CCC(=O)OC[C@H](COP(=O)(O)OP(=O)(O)OC[C@H]1O[C@@H](n2ccc(N)nc2=O)[C@H](O)[C@@H]1O)OC(=O)CCCCCCC/C=C\C/C=C\C/C=C\CC. The van der Waals surface area contributed by atoms with Crippen molar-refractivity contribution in [2.75, 3.05) is 25.6 Å². The summed E-state index contributed by atoms with van der Waals surface area (Å²) in [5.74, 6) is -1.52. The Morgan fingerprint density at radius 2 is 1.30 bits per heavy atom. The van der Waals surface area contributed by atoms with Crippen LogP contribution >= 0.6 is 15.6 Å². The van der Waals surface area contributed by atoms with Crippen molar-refractivity contribution < 1.29 is 71.4 Å². The molecule has 19 nitrogen and oxygen atoms in total. The third kappa shape index (κ3) is 31.7. The number of rotatable bonds is 39. The molecule has 8 atom stereocenters. The van der Waals surface area contributed by atoms with E-state index in [0.29, 0.717) is 12.8 Å². The van der Waals surface area contributed by atoms with Crippen molar-refractivity contribution >= 4 is 33.4 Å². The second-order valence-electron chi connectivity index (χ2n) is 16.7. The number of hydrogen-bond acceptors (Lipinski definition) is 16. The molecule has 1 aliphatic rings.